The van der Waals surface area contributed by atoms with Crippen LogP contribution in [0, 0.1) is 25.1 Å². The van der Waals surface area contributed by atoms with Gasteiger partial charge < -0.3 is 10.2 Å². The van der Waals surface area contributed by atoms with Crippen LogP contribution < -0.4 is 10.2 Å². The molecule has 0 saturated heterocycles. The Bertz CT molecular complexity index is 927. The van der Waals surface area contributed by atoms with Crippen molar-refractivity contribution in [3.05, 3.63) is 58.4 Å². The van der Waals surface area contributed by atoms with Gasteiger partial charge in [-0.1, -0.05) is 26.8 Å². The first-order valence-corrected chi connectivity index (χ1v) is 9.36. The van der Waals surface area contributed by atoms with Gasteiger partial charge in [0.2, 0.25) is 5.91 Å². The number of fused-ring (bicyclic) bond motifs is 1. The summed E-state index contributed by atoms with van der Waals surface area (Å²) in [5.74, 6) is -0.365. The second-order valence-corrected chi connectivity index (χ2v) is 8.56. The zero-order valence-electron chi connectivity index (χ0n) is 18.7. The molecule has 4 heteroatoms. The van der Waals surface area contributed by atoms with Gasteiger partial charge in [-0.3, -0.25) is 4.79 Å². The van der Waals surface area contributed by atoms with Crippen molar-refractivity contribution in [1.82, 2.24) is 0 Å². The van der Waals surface area contributed by atoms with E-state index in [1.54, 1.807) is 4.90 Å². The van der Waals surface area contributed by atoms with Crippen molar-refractivity contribution in [2.75, 3.05) is 16.8 Å². The molecule has 1 heterocycles. The maximum Gasteiger partial charge on any atom is 0.224 e. The molecule has 2 aromatic carbocycles. The molecule has 2 aromatic rings. The molecule has 0 unspecified atom stereocenters. The smallest absolute Gasteiger partial charge is 0.224 e. The molecule has 0 atom stereocenters. The van der Waals surface area contributed by atoms with Crippen molar-refractivity contribution in [1.29, 1.82) is 0 Å². The van der Waals surface area contributed by atoms with Crippen molar-refractivity contribution < 1.29 is 11.9 Å². The molecule has 1 amide bonds. The summed E-state index contributed by atoms with van der Waals surface area (Å²) in [4.78, 5) is 14.1. The largest absolute Gasteiger partial charge is 0.367 e. The lowest BCUT2D eigenvalue weighted by Gasteiger charge is -2.31. The van der Waals surface area contributed by atoms with Crippen LogP contribution in [0.15, 0.2) is 30.3 Å². The molecule has 1 aliphatic rings. The fourth-order valence-electron chi connectivity index (χ4n) is 3.46. The predicted molar refractivity (Wildman–Crippen MR) is 110 cm³/mol. The molecule has 0 spiro atoms. The van der Waals surface area contributed by atoms with Crippen LogP contribution in [0.3, 0.4) is 0 Å². The van der Waals surface area contributed by atoms with Gasteiger partial charge in [0.15, 0.2) is 0 Å². The standard InChI is InChI=1S/C23H29FN2O/c1-15-10-20(11-16(2)22(15)25-21(27)13-23(3,4)5)26-9-8-17-12-19(24)7-6-18(17)14-26/h6-7,10-12H,8-9,13-14H2,1-5H3,(H,25,27)/i14D2. The van der Waals surface area contributed by atoms with E-state index in [9.17, 15) is 9.18 Å². The maximum atomic E-state index is 13.6. The van der Waals surface area contributed by atoms with E-state index in [1.807, 2.05) is 46.8 Å². The van der Waals surface area contributed by atoms with Gasteiger partial charge in [0, 0.05) is 30.8 Å². The van der Waals surface area contributed by atoms with E-state index in [0.717, 1.165) is 22.5 Å². The molecular formula is C23H29FN2O. The third-order valence-electron chi connectivity index (χ3n) is 4.71. The van der Waals surface area contributed by atoms with Gasteiger partial charge >= 0.3 is 0 Å². The maximum absolute atomic E-state index is 13.6. The molecule has 27 heavy (non-hydrogen) atoms. The number of hydrogen-bond acceptors (Lipinski definition) is 2. The molecule has 0 fully saturated rings. The van der Waals surface area contributed by atoms with Gasteiger partial charge in [-0.25, -0.2) is 4.39 Å². The van der Waals surface area contributed by atoms with Gasteiger partial charge in [0.05, 0.1) is 2.74 Å². The molecule has 144 valence electrons. The minimum atomic E-state index is -1.74. The minimum Gasteiger partial charge on any atom is -0.367 e. The van der Waals surface area contributed by atoms with E-state index < -0.39 is 6.50 Å². The van der Waals surface area contributed by atoms with Crippen LogP contribution in [0.2, 0.25) is 0 Å². The van der Waals surface area contributed by atoms with Gasteiger partial charge in [-0.2, -0.15) is 0 Å². The molecular weight excluding hydrogens is 339 g/mol. The quantitative estimate of drug-likeness (QED) is 0.787. The van der Waals surface area contributed by atoms with Crippen molar-refractivity contribution in [3.8, 4) is 0 Å². The molecule has 3 rings (SSSR count). The zero-order chi connectivity index (χ0) is 21.6. The summed E-state index contributed by atoms with van der Waals surface area (Å²) in [6.45, 7) is 8.64. The zero-order valence-corrected chi connectivity index (χ0v) is 16.7. The number of amides is 1. The Morgan fingerprint density at radius 1 is 1.19 bits per heavy atom. The summed E-state index contributed by atoms with van der Waals surface area (Å²) in [6.07, 6.45) is 1.00. The average Bonchev–Trinajstić information content (AvgIpc) is 2.56. The Morgan fingerprint density at radius 3 is 2.48 bits per heavy atom. The van der Waals surface area contributed by atoms with Crippen LogP contribution in [0.1, 0.15) is 52.2 Å². The summed E-state index contributed by atoms with van der Waals surface area (Å²) in [5.41, 5.74) is 4.44. The molecule has 0 saturated carbocycles. The first-order valence-electron chi connectivity index (χ1n) is 10.4. The molecule has 1 N–H and O–H groups in total. The van der Waals surface area contributed by atoms with Crippen LogP contribution >= 0.6 is 0 Å². The number of carbonyl (C=O) groups excluding carboxylic acids is 1. The van der Waals surface area contributed by atoms with E-state index >= 15 is 0 Å². The Hall–Kier alpha value is -2.36. The highest BCUT2D eigenvalue weighted by atomic mass is 19.1. The summed E-state index contributed by atoms with van der Waals surface area (Å²) in [6, 6.07) is 8.09. The van der Waals surface area contributed by atoms with Crippen LogP contribution in [-0.2, 0) is 17.7 Å². The average molecular weight is 371 g/mol. The van der Waals surface area contributed by atoms with Crippen LogP contribution in [0.5, 0.6) is 0 Å². The fraction of sp³-hybridized carbons (Fsp3) is 0.435. The Labute approximate surface area is 164 Å². The number of benzene rings is 2. The Kier molecular flexibility index (Phi) is 4.56. The van der Waals surface area contributed by atoms with E-state index in [-0.39, 0.29) is 17.1 Å². The number of hydrogen-bond donors (Lipinski definition) is 1. The van der Waals surface area contributed by atoms with Crippen LogP contribution in [0.25, 0.3) is 0 Å². The van der Waals surface area contributed by atoms with Crippen LogP contribution in [-0.4, -0.2) is 12.5 Å². The minimum absolute atomic E-state index is 0.0271. The summed E-state index contributed by atoms with van der Waals surface area (Å²) >= 11 is 0. The van der Waals surface area contributed by atoms with E-state index in [4.69, 9.17) is 2.74 Å². The summed E-state index contributed by atoms with van der Waals surface area (Å²) in [7, 11) is 0. The lowest BCUT2D eigenvalue weighted by Crippen LogP contribution is -2.30. The van der Waals surface area contributed by atoms with Crippen LogP contribution in [0.4, 0.5) is 15.8 Å². The van der Waals surface area contributed by atoms with Gasteiger partial charge in [0.25, 0.3) is 0 Å². The second kappa shape index (κ2) is 7.34. The Morgan fingerprint density at radius 2 is 1.85 bits per heavy atom. The molecule has 0 aliphatic carbocycles. The lowest BCUT2D eigenvalue weighted by atomic mass is 9.92. The number of halogens is 1. The first kappa shape index (κ1) is 16.8. The number of nitrogens with one attached hydrogen (secondary N) is 1. The van der Waals surface area contributed by atoms with Crippen molar-refractivity contribution in [2.24, 2.45) is 5.41 Å². The summed E-state index contributed by atoms with van der Waals surface area (Å²) < 4.78 is 30.9. The number of anilines is 2. The third-order valence-corrected chi connectivity index (χ3v) is 4.71. The van der Waals surface area contributed by atoms with E-state index in [1.165, 1.54) is 18.2 Å². The second-order valence-electron chi connectivity index (χ2n) is 8.56. The van der Waals surface area contributed by atoms with Gasteiger partial charge in [-0.05, 0) is 72.2 Å². The molecule has 3 nitrogen and oxygen atoms in total. The molecule has 1 aliphatic heterocycles. The highest BCUT2D eigenvalue weighted by Crippen LogP contribution is 2.31. The predicted octanol–water partition coefficient (Wildman–Crippen LogP) is 5.38. The van der Waals surface area contributed by atoms with Crippen molar-refractivity contribution in [2.45, 2.75) is 54.0 Å². The van der Waals surface area contributed by atoms with Gasteiger partial charge in [-0.15, -0.1) is 0 Å². The number of nitrogens with zero attached hydrogens (tertiary/aromatic N) is 1. The molecule has 0 radical (unpaired) electrons. The topological polar surface area (TPSA) is 32.3 Å². The monoisotopic (exact) mass is 370 g/mol. The number of aryl methyl sites for hydroxylation is 2. The lowest BCUT2D eigenvalue weighted by molar-refractivity contribution is -0.117. The van der Waals surface area contributed by atoms with Crippen molar-refractivity contribution >= 4 is 17.3 Å². The van der Waals surface area contributed by atoms with Crippen molar-refractivity contribution in [3.63, 3.8) is 0 Å². The van der Waals surface area contributed by atoms with E-state index in [0.29, 0.717) is 30.5 Å². The fourth-order valence-corrected chi connectivity index (χ4v) is 3.46. The highest BCUT2D eigenvalue weighted by Gasteiger charge is 2.20. The third kappa shape index (κ3) is 4.68. The molecule has 0 bridgehead atoms. The Balaban J connectivity index is 1.91. The highest BCUT2D eigenvalue weighted by molar-refractivity contribution is 5.93. The number of carbonyl (C=O) groups is 1. The van der Waals surface area contributed by atoms with Gasteiger partial charge in [0.1, 0.15) is 5.82 Å². The van der Waals surface area contributed by atoms with E-state index in [2.05, 4.69) is 5.32 Å². The summed E-state index contributed by atoms with van der Waals surface area (Å²) in [5, 5.41) is 3.01. The molecule has 0 aromatic heterocycles. The SMILES string of the molecule is [2H]C1([2H])c2ccc(F)cc2CCN1c1cc(C)c(NC(=O)CC(C)(C)C)c(C)c1. The first-order chi connectivity index (χ1) is 13.4. The normalized spacial score (nSPS) is 17.0. The number of rotatable bonds is 3.